The van der Waals surface area contributed by atoms with Crippen molar-refractivity contribution in [3.05, 3.63) is 53.0 Å². The van der Waals surface area contributed by atoms with Crippen molar-refractivity contribution in [1.82, 2.24) is 0 Å². The normalized spacial score (nSPS) is 12.7. The Labute approximate surface area is 136 Å². The average Bonchev–Trinajstić information content (AvgIpc) is 2.74. The highest BCUT2D eigenvalue weighted by Crippen LogP contribution is 2.38. The number of rotatable bonds is 4. The van der Waals surface area contributed by atoms with Gasteiger partial charge in [0.25, 0.3) is 0 Å². The molecule has 22 heavy (non-hydrogen) atoms. The van der Waals surface area contributed by atoms with Gasteiger partial charge in [0.2, 0.25) is 0 Å². The van der Waals surface area contributed by atoms with Crippen molar-refractivity contribution in [3.63, 3.8) is 0 Å². The summed E-state index contributed by atoms with van der Waals surface area (Å²) in [4.78, 5) is 0. The minimum Gasteiger partial charge on any atom is -0.466 e. The molecule has 0 fully saturated rings. The van der Waals surface area contributed by atoms with Crippen molar-refractivity contribution in [1.29, 1.82) is 0 Å². The molecule has 0 bridgehead atoms. The molecule has 0 N–H and O–H groups in total. The fourth-order valence-electron chi connectivity index (χ4n) is 3.14. The third kappa shape index (κ3) is 3.07. The first kappa shape index (κ1) is 17.1. The largest absolute Gasteiger partial charge is 0.466 e. The maximum Gasteiger partial charge on any atom is 0.111 e. The van der Waals surface area contributed by atoms with Gasteiger partial charge >= 0.3 is 0 Å². The zero-order valence-electron chi connectivity index (χ0n) is 15.2. The molecule has 0 aliphatic carbocycles. The minimum atomic E-state index is -1.58. The minimum absolute atomic E-state index is 0.329. The monoisotopic (exact) mass is 314 g/mol. The standard InChI is InChI=1S/C20H30OSi/c1-8-17-18(14-16-12-10-9-11-13-16)21-15(2)19(17)22(6,7)20(3,4)5/h9-13H,8,14H2,1-7H3. The van der Waals surface area contributed by atoms with Gasteiger partial charge in [-0.15, -0.1) is 0 Å². The van der Waals surface area contributed by atoms with E-state index in [1.54, 1.807) is 5.19 Å². The van der Waals surface area contributed by atoms with E-state index in [1.165, 1.54) is 16.9 Å². The van der Waals surface area contributed by atoms with Gasteiger partial charge in [-0.3, -0.25) is 0 Å². The zero-order chi connectivity index (χ0) is 16.5. The lowest BCUT2D eigenvalue weighted by Gasteiger charge is -2.37. The van der Waals surface area contributed by atoms with Gasteiger partial charge in [0.1, 0.15) is 11.5 Å². The van der Waals surface area contributed by atoms with E-state index >= 15 is 0 Å². The van der Waals surface area contributed by atoms with Crippen molar-refractivity contribution in [3.8, 4) is 0 Å². The number of furan rings is 1. The third-order valence-corrected chi connectivity index (χ3v) is 11.0. The summed E-state index contributed by atoms with van der Waals surface area (Å²) in [7, 11) is -1.58. The molecule has 1 aromatic heterocycles. The Kier molecular flexibility index (Phi) is 4.72. The lowest BCUT2D eigenvalue weighted by molar-refractivity contribution is 0.490. The van der Waals surface area contributed by atoms with Crippen LogP contribution in [0.3, 0.4) is 0 Å². The first-order chi connectivity index (χ1) is 10.2. The van der Waals surface area contributed by atoms with E-state index in [1.807, 2.05) is 0 Å². The molecule has 0 saturated heterocycles. The Morgan fingerprint density at radius 1 is 1.05 bits per heavy atom. The molecule has 2 rings (SSSR count). The van der Waals surface area contributed by atoms with Crippen molar-refractivity contribution in [2.45, 2.75) is 65.6 Å². The molecule has 0 radical (unpaired) electrons. The molecule has 1 aromatic carbocycles. The average molecular weight is 315 g/mol. The Morgan fingerprint density at radius 3 is 2.14 bits per heavy atom. The van der Waals surface area contributed by atoms with Gasteiger partial charge in [0.15, 0.2) is 0 Å². The van der Waals surface area contributed by atoms with Crippen LogP contribution in [0.25, 0.3) is 0 Å². The fraction of sp³-hybridized carbons (Fsp3) is 0.500. The quantitative estimate of drug-likeness (QED) is 0.683. The van der Waals surface area contributed by atoms with Gasteiger partial charge in [-0.1, -0.05) is 71.1 Å². The molecule has 0 aliphatic rings. The van der Waals surface area contributed by atoms with Crippen LogP contribution in [-0.4, -0.2) is 8.07 Å². The van der Waals surface area contributed by atoms with E-state index < -0.39 is 8.07 Å². The van der Waals surface area contributed by atoms with Crippen molar-refractivity contribution < 1.29 is 4.42 Å². The number of hydrogen-bond acceptors (Lipinski definition) is 1. The van der Waals surface area contributed by atoms with E-state index in [9.17, 15) is 0 Å². The second-order valence-electron chi connectivity index (χ2n) is 7.83. The Morgan fingerprint density at radius 2 is 1.64 bits per heavy atom. The molecule has 2 heteroatoms. The van der Waals surface area contributed by atoms with E-state index in [0.717, 1.165) is 18.6 Å². The SMILES string of the molecule is CCc1c(Cc2ccccc2)oc(C)c1[Si](C)(C)C(C)(C)C. The maximum atomic E-state index is 6.26. The predicted molar refractivity (Wildman–Crippen MR) is 98.9 cm³/mol. The molecule has 0 atom stereocenters. The lowest BCUT2D eigenvalue weighted by atomic mass is 10.1. The van der Waals surface area contributed by atoms with E-state index in [-0.39, 0.29) is 0 Å². The van der Waals surface area contributed by atoms with Gasteiger partial charge in [-0.25, -0.2) is 0 Å². The van der Waals surface area contributed by atoms with Crippen molar-refractivity contribution in [2.24, 2.45) is 0 Å². The molecular weight excluding hydrogens is 284 g/mol. The smallest absolute Gasteiger partial charge is 0.111 e. The highest BCUT2D eigenvalue weighted by molar-refractivity contribution is 6.92. The second kappa shape index (κ2) is 6.08. The summed E-state index contributed by atoms with van der Waals surface area (Å²) in [6.45, 7) is 16.5. The van der Waals surface area contributed by atoms with Crippen LogP contribution in [0, 0.1) is 6.92 Å². The number of hydrogen-bond donors (Lipinski definition) is 0. The molecule has 1 heterocycles. The lowest BCUT2D eigenvalue weighted by Crippen LogP contribution is -2.51. The number of aryl methyl sites for hydroxylation is 1. The van der Waals surface area contributed by atoms with Crippen molar-refractivity contribution in [2.75, 3.05) is 0 Å². The van der Waals surface area contributed by atoms with E-state index in [4.69, 9.17) is 4.42 Å². The van der Waals surface area contributed by atoms with Gasteiger partial charge < -0.3 is 4.42 Å². The fourth-order valence-corrected chi connectivity index (χ4v) is 5.89. The van der Waals surface area contributed by atoms with Crippen LogP contribution >= 0.6 is 0 Å². The summed E-state index contributed by atoms with van der Waals surface area (Å²) in [5.41, 5.74) is 2.79. The molecule has 0 aliphatic heterocycles. The van der Waals surface area contributed by atoms with E-state index in [2.05, 4.69) is 78.0 Å². The van der Waals surface area contributed by atoms with Crippen LogP contribution in [0.5, 0.6) is 0 Å². The molecule has 2 aromatic rings. The van der Waals surface area contributed by atoms with E-state index in [0.29, 0.717) is 5.04 Å². The third-order valence-electron chi connectivity index (χ3n) is 5.33. The molecule has 0 unspecified atom stereocenters. The molecule has 0 saturated carbocycles. The summed E-state index contributed by atoms with van der Waals surface area (Å²) >= 11 is 0. The molecule has 120 valence electrons. The van der Waals surface area contributed by atoms with Crippen LogP contribution in [0.4, 0.5) is 0 Å². The van der Waals surface area contributed by atoms with Crippen LogP contribution in [0.2, 0.25) is 18.1 Å². The zero-order valence-corrected chi connectivity index (χ0v) is 16.2. The summed E-state index contributed by atoms with van der Waals surface area (Å²) in [6, 6.07) is 10.6. The number of benzene rings is 1. The summed E-state index contributed by atoms with van der Waals surface area (Å²) in [5.74, 6) is 2.32. The van der Waals surface area contributed by atoms with Gasteiger partial charge in [0.05, 0.1) is 8.07 Å². The van der Waals surface area contributed by atoms with Crippen LogP contribution in [0.1, 0.15) is 50.3 Å². The Hall–Kier alpha value is -1.28. The topological polar surface area (TPSA) is 13.1 Å². The van der Waals surface area contributed by atoms with Crippen LogP contribution in [0.15, 0.2) is 34.7 Å². The molecule has 0 spiro atoms. The molecular formula is C20H30OSi. The summed E-state index contributed by atoms with van der Waals surface area (Å²) < 4.78 is 6.26. The summed E-state index contributed by atoms with van der Waals surface area (Å²) in [5, 5.41) is 1.88. The van der Waals surface area contributed by atoms with Crippen LogP contribution in [-0.2, 0) is 12.8 Å². The highest BCUT2D eigenvalue weighted by Gasteiger charge is 2.41. The van der Waals surface area contributed by atoms with Gasteiger partial charge in [0, 0.05) is 6.42 Å². The highest BCUT2D eigenvalue weighted by atomic mass is 28.3. The van der Waals surface area contributed by atoms with Gasteiger partial charge in [-0.05, 0) is 34.7 Å². The molecule has 0 amide bonds. The first-order valence-electron chi connectivity index (χ1n) is 8.34. The first-order valence-corrected chi connectivity index (χ1v) is 11.3. The summed E-state index contributed by atoms with van der Waals surface area (Å²) in [6.07, 6.45) is 1.96. The second-order valence-corrected chi connectivity index (χ2v) is 13.1. The Balaban J connectivity index is 2.50. The van der Waals surface area contributed by atoms with Crippen LogP contribution < -0.4 is 5.19 Å². The predicted octanol–water partition coefficient (Wildman–Crippen LogP) is 5.46. The molecule has 1 nitrogen and oxygen atoms in total. The maximum absolute atomic E-state index is 6.26. The van der Waals surface area contributed by atoms with Crippen molar-refractivity contribution >= 4 is 13.3 Å². The van der Waals surface area contributed by atoms with Gasteiger partial charge in [-0.2, -0.15) is 0 Å². The Bertz CT molecular complexity index is 630.